The summed E-state index contributed by atoms with van der Waals surface area (Å²) in [4.78, 5) is 31.0. The number of rotatable bonds is 5. The van der Waals surface area contributed by atoms with Gasteiger partial charge in [-0.3, -0.25) is 9.59 Å². The number of nitrogens with one attached hydrogen (secondary N) is 1. The fourth-order valence-corrected chi connectivity index (χ4v) is 3.47. The van der Waals surface area contributed by atoms with E-state index in [1.807, 2.05) is 80.6 Å². The van der Waals surface area contributed by atoms with Crippen LogP contribution in [-0.4, -0.2) is 20.7 Å². The third-order valence-electron chi connectivity index (χ3n) is 5.03. The van der Waals surface area contributed by atoms with Gasteiger partial charge in [-0.15, -0.1) is 0 Å². The molecule has 0 spiro atoms. The summed E-state index contributed by atoms with van der Waals surface area (Å²) in [5.41, 5.74) is 3.08. The van der Waals surface area contributed by atoms with Crippen molar-refractivity contribution in [3.8, 4) is 22.4 Å². The molecular weight excluding hydrogens is 388 g/mol. The van der Waals surface area contributed by atoms with Crippen LogP contribution in [-0.2, 0) is 6.54 Å². The van der Waals surface area contributed by atoms with Gasteiger partial charge in [0.05, 0.1) is 5.69 Å². The molecule has 2 heterocycles. The van der Waals surface area contributed by atoms with Crippen LogP contribution in [0.4, 0.5) is 5.82 Å². The SMILES string of the molecule is CCn1nc(-c2ccccc2)c(-c2ccccc2)c(C(=O)Nc2ncccc2C)c1=O. The highest BCUT2D eigenvalue weighted by Gasteiger charge is 2.25. The lowest BCUT2D eigenvalue weighted by Crippen LogP contribution is -2.32. The number of benzene rings is 2. The van der Waals surface area contributed by atoms with Gasteiger partial charge in [-0.1, -0.05) is 66.7 Å². The molecule has 0 atom stereocenters. The molecule has 4 aromatic rings. The van der Waals surface area contributed by atoms with Crippen molar-refractivity contribution in [1.29, 1.82) is 0 Å². The molecule has 6 heteroatoms. The van der Waals surface area contributed by atoms with Crippen molar-refractivity contribution in [2.75, 3.05) is 5.32 Å². The largest absolute Gasteiger partial charge is 0.306 e. The second kappa shape index (κ2) is 8.75. The molecule has 154 valence electrons. The zero-order chi connectivity index (χ0) is 21.8. The Morgan fingerprint density at radius 2 is 1.58 bits per heavy atom. The maximum absolute atomic E-state index is 13.4. The van der Waals surface area contributed by atoms with Gasteiger partial charge in [-0.05, 0) is 31.0 Å². The van der Waals surface area contributed by atoms with E-state index in [1.165, 1.54) is 4.68 Å². The summed E-state index contributed by atoms with van der Waals surface area (Å²) in [6.45, 7) is 4.03. The number of anilines is 1. The van der Waals surface area contributed by atoms with Gasteiger partial charge in [-0.2, -0.15) is 5.10 Å². The Kier molecular flexibility index (Phi) is 5.71. The first-order valence-electron chi connectivity index (χ1n) is 10.1. The number of amides is 1. The van der Waals surface area contributed by atoms with Crippen molar-refractivity contribution in [1.82, 2.24) is 14.8 Å². The van der Waals surface area contributed by atoms with Crippen LogP contribution in [0.15, 0.2) is 83.8 Å². The van der Waals surface area contributed by atoms with Crippen molar-refractivity contribution in [2.24, 2.45) is 0 Å². The lowest BCUT2D eigenvalue weighted by molar-refractivity contribution is 0.102. The molecule has 6 nitrogen and oxygen atoms in total. The lowest BCUT2D eigenvalue weighted by Gasteiger charge is -2.17. The Morgan fingerprint density at radius 1 is 0.935 bits per heavy atom. The highest BCUT2D eigenvalue weighted by molar-refractivity contribution is 6.10. The number of hydrogen-bond donors (Lipinski definition) is 1. The third kappa shape index (κ3) is 4.00. The van der Waals surface area contributed by atoms with Gasteiger partial charge in [-0.25, -0.2) is 9.67 Å². The van der Waals surface area contributed by atoms with E-state index >= 15 is 0 Å². The predicted octanol–water partition coefficient (Wildman–Crippen LogP) is 4.55. The summed E-state index contributed by atoms with van der Waals surface area (Å²) < 4.78 is 1.33. The predicted molar refractivity (Wildman–Crippen MR) is 122 cm³/mol. The maximum Gasteiger partial charge on any atom is 0.280 e. The lowest BCUT2D eigenvalue weighted by atomic mass is 9.95. The molecule has 0 saturated heterocycles. The fraction of sp³-hybridized carbons (Fsp3) is 0.120. The number of aromatic nitrogens is 3. The summed E-state index contributed by atoms with van der Waals surface area (Å²) in [5.74, 6) is -0.0838. The van der Waals surface area contributed by atoms with E-state index in [9.17, 15) is 9.59 Å². The van der Waals surface area contributed by atoms with E-state index in [4.69, 9.17) is 0 Å². The third-order valence-corrected chi connectivity index (χ3v) is 5.03. The van der Waals surface area contributed by atoms with Gasteiger partial charge < -0.3 is 5.32 Å². The summed E-state index contributed by atoms with van der Waals surface area (Å²) >= 11 is 0. The Morgan fingerprint density at radius 3 is 2.19 bits per heavy atom. The quantitative estimate of drug-likeness (QED) is 0.524. The molecule has 0 bridgehead atoms. The van der Waals surface area contributed by atoms with Crippen LogP contribution in [0.2, 0.25) is 0 Å². The first-order chi connectivity index (χ1) is 15.1. The molecule has 4 rings (SSSR count). The van der Waals surface area contributed by atoms with Crippen molar-refractivity contribution < 1.29 is 4.79 Å². The van der Waals surface area contributed by atoms with E-state index in [-0.39, 0.29) is 5.56 Å². The summed E-state index contributed by atoms with van der Waals surface area (Å²) in [6.07, 6.45) is 1.60. The van der Waals surface area contributed by atoms with Gasteiger partial charge in [0.2, 0.25) is 0 Å². The number of hydrogen-bond acceptors (Lipinski definition) is 4. The van der Waals surface area contributed by atoms with Crippen LogP contribution in [0.3, 0.4) is 0 Å². The minimum atomic E-state index is -0.507. The molecule has 0 aliphatic carbocycles. The normalized spacial score (nSPS) is 10.6. The van der Waals surface area contributed by atoms with Gasteiger partial charge in [0.15, 0.2) is 0 Å². The van der Waals surface area contributed by atoms with Crippen molar-refractivity contribution in [3.05, 3.63) is 100 Å². The Balaban J connectivity index is 2.00. The van der Waals surface area contributed by atoms with Crippen LogP contribution in [0.25, 0.3) is 22.4 Å². The molecule has 1 amide bonds. The summed E-state index contributed by atoms with van der Waals surface area (Å²) in [6, 6.07) is 22.6. The Labute approximate surface area is 180 Å². The summed E-state index contributed by atoms with van der Waals surface area (Å²) in [5, 5.41) is 7.43. The minimum absolute atomic E-state index is 0.0481. The Bertz CT molecular complexity index is 1280. The number of carbonyl (C=O) groups excluding carboxylic acids is 1. The first-order valence-corrected chi connectivity index (χ1v) is 10.1. The smallest absolute Gasteiger partial charge is 0.280 e. The van der Waals surface area contributed by atoms with Gasteiger partial charge in [0.1, 0.15) is 11.4 Å². The number of aryl methyl sites for hydroxylation is 2. The van der Waals surface area contributed by atoms with E-state index < -0.39 is 11.5 Å². The van der Waals surface area contributed by atoms with Crippen molar-refractivity contribution in [3.63, 3.8) is 0 Å². The monoisotopic (exact) mass is 410 g/mol. The first kappa shape index (κ1) is 20.2. The van der Waals surface area contributed by atoms with Crippen molar-refractivity contribution >= 4 is 11.7 Å². The number of pyridine rings is 1. The molecule has 0 fully saturated rings. The molecule has 0 aliphatic heterocycles. The topological polar surface area (TPSA) is 76.9 Å². The minimum Gasteiger partial charge on any atom is -0.306 e. The maximum atomic E-state index is 13.4. The number of carbonyl (C=O) groups is 1. The molecule has 31 heavy (non-hydrogen) atoms. The Hall–Kier alpha value is -4.06. The van der Waals surface area contributed by atoms with Crippen LogP contribution in [0.5, 0.6) is 0 Å². The van der Waals surface area contributed by atoms with Gasteiger partial charge >= 0.3 is 0 Å². The standard InChI is InChI=1S/C25H22N4O2/c1-3-29-25(31)21(24(30)27-23-17(2)11-10-16-26-23)20(18-12-6-4-7-13-18)22(28-29)19-14-8-5-9-15-19/h4-16H,3H2,1-2H3,(H,26,27,30). The highest BCUT2D eigenvalue weighted by Crippen LogP contribution is 2.32. The molecule has 1 N–H and O–H groups in total. The summed E-state index contributed by atoms with van der Waals surface area (Å²) in [7, 11) is 0. The zero-order valence-electron chi connectivity index (χ0n) is 17.4. The number of nitrogens with zero attached hydrogens (tertiary/aromatic N) is 3. The molecule has 2 aromatic carbocycles. The van der Waals surface area contributed by atoms with Crippen LogP contribution >= 0.6 is 0 Å². The highest BCUT2D eigenvalue weighted by atomic mass is 16.2. The van der Waals surface area contributed by atoms with E-state index in [1.54, 1.807) is 12.3 Å². The van der Waals surface area contributed by atoms with Gasteiger partial charge in [0.25, 0.3) is 11.5 Å². The van der Waals surface area contributed by atoms with Crippen LogP contribution in [0, 0.1) is 6.92 Å². The van der Waals surface area contributed by atoms with E-state index in [0.717, 1.165) is 16.7 Å². The van der Waals surface area contributed by atoms with E-state index in [0.29, 0.717) is 23.6 Å². The molecule has 0 radical (unpaired) electrons. The van der Waals surface area contributed by atoms with Crippen LogP contribution < -0.4 is 10.9 Å². The molecule has 2 aromatic heterocycles. The average Bonchev–Trinajstić information content (AvgIpc) is 2.81. The molecule has 0 unspecified atom stereocenters. The van der Waals surface area contributed by atoms with Crippen LogP contribution in [0.1, 0.15) is 22.8 Å². The molecule has 0 saturated carbocycles. The zero-order valence-corrected chi connectivity index (χ0v) is 17.4. The second-order valence-electron chi connectivity index (χ2n) is 7.07. The fourth-order valence-electron chi connectivity index (χ4n) is 3.47. The molecular formula is C25H22N4O2. The van der Waals surface area contributed by atoms with Gasteiger partial charge in [0, 0.05) is 23.9 Å². The van der Waals surface area contributed by atoms with E-state index in [2.05, 4.69) is 15.4 Å². The second-order valence-corrected chi connectivity index (χ2v) is 7.07. The molecule has 0 aliphatic rings. The average molecular weight is 410 g/mol. The van der Waals surface area contributed by atoms with Crippen molar-refractivity contribution in [2.45, 2.75) is 20.4 Å².